The van der Waals surface area contributed by atoms with Crippen LogP contribution in [0.5, 0.6) is 0 Å². The first kappa shape index (κ1) is 20.2. The highest BCUT2D eigenvalue weighted by molar-refractivity contribution is 5.86. The fourth-order valence-corrected chi connectivity index (χ4v) is 4.11. The smallest absolute Gasteiger partial charge is 0.307 e. The van der Waals surface area contributed by atoms with Crippen LogP contribution in [0, 0.1) is 23.7 Å². The van der Waals surface area contributed by atoms with Crippen LogP contribution < -0.4 is 10.6 Å². The lowest BCUT2D eigenvalue weighted by atomic mass is 9.78. The Hall–Kier alpha value is -2.12. The van der Waals surface area contributed by atoms with Gasteiger partial charge in [0.25, 0.3) is 0 Å². The van der Waals surface area contributed by atoms with Gasteiger partial charge in [0.2, 0.25) is 11.8 Å². The van der Waals surface area contributed by atoms with Crippen molar-refractivity contribution >= 4 is 23.8 Å². The van der Waals surface area contributed by atoms with Crippen molar-refractivity contribution in [1.82, 2.24) is 10.6 Å². The summed E-state index contributed by atoms with van der Waals surface area (Å²) in [6, 6.07) is 0. The molecular weight excluding hydrogens is 340 g/mol. The first-order valence-corrected chi connectivity index (χ1v) is 9.43. The van der Waals surface area contributed by atoms with E-state index in [9.17, 15) is 29.4 Å². The van der Waals surface area contributed by atoms with Crippen molar-refractivity contribution in [3.8, 4) is 0 Å². The van der Waals surface area contributed by atoms with Crippen LogP contribution in [0.15, 0.2) is 0 Å². The second kappa shape index (κ2) is 9.54. The maximum Gasteiger partial charge on any atom is 0.307 e. The molecule has 2 rings (SSSR count). The molecule has 0 radical (unpaired) electrons. The molecule has 0 saturated heterocycles. The van der Waals surface area contributed by atoms with Gasteiger partial charge in [-0.3, -0.25) is 19.2 Å². The predicted octanol–water partition coefficient (Wildman–Crippen LogP) is 1.00. The molecule has 26 heavy (non-hydrogen) atoms. The monoisotopic (exact) mass is 368 g/mol. The van der Waals surface area contributed by atoms with Gasteiger partial charge in [0.05, 0.1) is 23.7 Å². The quantitative estimate of drug-likeness (QED) is 0.496. The topological polar surface area (TPSA) is 133 Å². The van der Waals surface area contributed by atoms with Crippen LogP contribution in [0.25, 0.3) is 0 Å². The Morgan fingerprint density at radius 3 is 1.23 bits per heavy atom. The summed E-state index contributed by atoms with van der Waals surface area (Å²) in [5.74, 6) is -4.77. The predicted molar refractivity (Wildman–Crippen MR) is 92.2 cm³/mol. The number of carboxylic acids is 2. The molecule has 2 amide bonds. The van der Waals surface area contributed by atoms with Crippen molar-refractivity contribution in [2.45, 2.75) is 51.4 Å². The van der Waals surface area contributed by atoms with E-state index in [1.165, 1.54) is 0 Å². The molecule has 146 valence electrons. The average molecular weight is 368 g/mol. The largest absolute Gasteiger partial charge is 0.481 e. The maximum absolute atomic E-state index is 12.2. The van der Waals surface area contributed by atoms with E-state index in [0.29, 0.717) is 25.7 Å². The maximum atomic E-state index is 12.2. The molecule has 4 atom stereocenters. The Balaban J connectivity index is 1.75. The van der Waals surface area contributed by atoms with Gasteiger partial charge in [-0.25, -0.2) is 0 Å². The van der Waals surface area contributed by atoms with Crippen molar-refractivity contribution in [1.29, 1.82) is 0 Å². The van der Waals surface area contributed by atoms with Crippen LogP contribution in [0.4, 0.5) is 0 Å². The Kier molecular flexibility index (Phi) is 7.41. The number of aliphatic carboxylic acids is 2. The summed E-state index contributed by atoms with van der Waals surface area (Å²) in [6.45, 7) is 0.412. The van der Waals surface area contributed by atoms with Crippen LogP contribution in [0.2, 0.25) is 0 Å². The van der Waals surface area contributed by atoms with E-state index in [2.05, 4.69) is 10.6 Å². The van der Waals surface area contributed by atoms with Crippen molar-refractivity contribution in [3.05, 3.63) is 0 Å². The Bertz CT molecular complexity index is 502. The molecule has 0 spiro atoms. The fraction of sp³-hybridized carbons (Fsp3) is 0.778. The SMILES string of the molecule is O=C(NCCNC(=O)[C@@H]1CCCC[C@H]1C(=O)O)[C@H]1CCCC[C@H]1C(=O)O. The van der Waals surface area contributed by atoms with Gasteiger partial charge in [-0.05, 0) is 25.7 Å². The lowest BCUT2D eigenvalue weighted by Crippen LogP contribution is -2.44. The van der Waals surface area contributed by atoms with E-state index in [1.807, 2.05) is 0 Å². The van der Waals surface area contributed by atoms with E-state index in [4.69, 9.17) is 0 Å². The van der Waals surface area contributed by atoms with Gasteiger partial charge in [-0.15, -0.1) is 0 Å². The highest BCUT2D eigenvalue weighted by Crippen LogP contribution is 2.31. The highest BCUT2D eigenvalue weighted by atomic mass is 16.4. The number of hydrogen-bond acceptors (Lipinski definition) is 4. The molecule has 8 nitrogen and oxygen atoms in total. The summed E-state index contributed by atoms with van der Waals surface area (Å²) in [6.07, 6.45) is 5.50. The van der Waals surface area contributed by atoms with E-state index in [0.717, 1.165) is 25.7 Å². The highest BCUT2D eigenvalue weighted by Gasteiger charge is 2.36. The minimum absolute atomic E-state index is 0.206. The molecular formula is C18H28N2O6. The van der Waals surface area contributed by atoms with Gasteiger partial charge < -0.3 is 20.8 Å². The molecule has 2 saturated carbocycles. The minimum atomic E-state index is -0.935. The third kappa shape index (κ3) is 5.19. The molecule has 2 fully saturated rings. The van der Waals surface area contributed by atoms with Crippen LogP contribution in [0.1, 0.15) is 51.4 Å². The third-order valence-corrected chi connectivity index (χ3v) is 5.56. The zero-order valence-corrected chi connectivity index (χ0v) is 14.9. The molecule has 0 aromatic heterocycles. The molecule has 0 aromatic carbocycles. The van der Waals surface area contributed by atoms with Gasteiger partial charge in [-0.2, -0.15) is 0 Å². The molecule has 4 N–H and O–H groups in total. The molecule has 0 unspecified atom stereocenters. The Morgan fingerprint density at radius 1 is 0.615 bits per heavy atom. The average Bonchev–Trinajstić information content (AvgIpc) is 2.64. The molecule has 0 bridgehead atoms. The summed E-state index contributed by atoms with van der Waals surface area (Å²) in [5.41, 5.74) is 0. The van der Waals surface area contributed by atoms with Gasteiger partial charge in [0, 0.05) is 13.1 Å². The van der Waals surface area contributed by atoms with Gasteiger partial charge in [-0.1, -0.05) is 25.7 Å². The molecule has 2 aliphatic rings. The summed E-state index contributed by atoms with van der Waals surface area (Å²) >= 11 is 0. The van der Waals surface area contributed by atoms with E-state index < -0.39 is 35.6 Å². The summed E-state index contributed by atoms with van der Waals surface area (Å²) in [4.78, 5) is 47.0. The van der Waals surface area contributed by atoms with Crippen LogP contribution >= 0.6 is 0 Å². The van der Waals surface area contributed by atoms with Crippen LogP contribution in [-0.2, 0) is 19.2 Å². The van der Waals surface area contributed by atoms with Crippen molar-refractivity contribution in [2.75, 3.05) is 13.1 Å². The van der Waals surface area contributed by atoms with Crippen molar-refractivity contribution < 1.29 is 29.4 Å². The molecule has 0 heterocycles. The number of rotatable bonds is 7. The molecule has 2 aliphatic carbocycles. The number of hydrogen-bond donors (Lipinski definition) is 4. The van der Waals surface area contributed by atoms with E-state index in [-0.39, 0.29) is 24.9 Å². The first-order chi connectivity index (χ1) is 12.4. The zero-order valence-electron chi connectivity index (χ0n) is 14.9. The normalized spacial score (nSPS) is 28.8. The third-order valence-electron chi connectivity index (χ3n) is 5.56. The number of carboxylic acid groups (broad SMARTS) is 2. The number of nitrogens with one attached hydrogen (secondary N) is 2. The lowest BCUT2D eigenvalue weighted by molar-refractivity contribution is -0.149. The number of amides is 2. The van der Waals surface area contributed by atoms with Crippen molar-refractivity contribution in [2.24, 2.45) is 23.7 Å². The van der Waals surface area contributed by atoms with E-state index in [1.54, 1.807) is 0 Å². The number of carbonyl (C=O) groups excluding carboxylic acids is 2. The number of carbonyl (C=O) groups is 4. The van der Waals surface area contributed by atoms with Crippen LogP contribution in [0.3, 0.4) is 0 Å². The molecule has 0 aromatic rings. The lowest BCUT2D eigenvalue weighted by Gasteiger charge is -2.28. The van der Waals surface area contributed by atoms with Gasteiger partial charge in [0.15, 0.2) is 0 Å². The zero-order chi connectivity index (χ0) is 19.1. The second-order valence-corrected chi connectivity index (χ2v) is 7.25. The fourth-order valence-electron chi connectivity index (χ4n) is 4.11. The first-order valence-electron chi connectivity index (χ1n) is 9.43. The van der Waals surface area contributed by atoms with Gasteiger partial charge in [0.1, 0.15) is 0 Å². The Labute approximate surface area is 152 Å². The Morgan fingerprint density at radius 2 is 0.923 bits per heavy atom. The summed E-state index contributed by atoms with van der Waals surface area (Å²) < 4.78 is 0. The standard InChI is InChI=1S/C18H28N2O6/c21-15(11-5-1-3-7-13(11)17(23)24)19-9-10-20-16(22)12-6-2-4-8-14(12)18(25)26/h11-14H,1-10H2,(H,19,21)(H,20,22)(H,23,24)(H,25,26)/t11-,12+,13-,14-/m1/s1. The summed E-state index contributed by atoms with van der Waals surface area (Å²) in [5, 5.41) is 23.9. The van der Waals surface area contributed by atoms with E-state index >= 15 is 0 Å². The summed E-state index contributed by atoms with van der Waals surface area (Å²) in [7, 11) is 0. The van der Waals surface area contributed by atoms with Crippen LogP contribution in [-0.4, -0.2) is 47.1 Å². The second-order valence-electron chi connectivity index (χ2n) is 7.25. The molecule has 0 aliphatic heterocycles. The minimum Gasteiger partial charge on any atom is -0.481 e. The molecule has 8 heteroatoms. The van der Waals surface area contributed by atoms with Crippen molar-refractivity contribution in [3.63, 3.8) is 0 Å². The van der Waals surface area contributed by atoms with Gasteiger partial charge >= 0.3 is 11.9 Å².